The Hall–Kier alpha value is -2.01. The molecule has 0 saturated carbocycles. The number of carbonyl (C=O) groups excluding carboxylic acids is 1. The molecule has 1 N–H and O–H groups in total. The lowest BCUT2D eigenvalue weighted by Gasteiger charge is -2.38. The Labute approximate surface area is 149 Å². The molecule has 1 aromatic carbocycles. The van der Waals surface area contributed by atoms with E-state index in [0.29, 0.717) is 13.2 Å². The predicted octanol–water partition coefficient (Wildman–Crippen LogP) is 2.98. The van der Waals surface area contributed by atoms with Gasteiger partial charge in [0.2, 0.25) is 0 Å². The molecule has 0 aromatic heterocycles. The van der Waals surface area contributed by atoms with Crippen molar-refractivity contribution in [3.63, 3.8) is 0 Å². The Morgan fingerprint density at radius 1 is 1.32 bits per heavy atom. The quantitative estimate of drug-likeness (QED) is 0.911. The third-order valence-electron chi connectivity index (χ3n) is 5.41. The number of carbonyl (C=O) groups is 1. The molecule has 5 nitrogen and oxygen atoms in total. The highest BCUT2D eigenvalue weighted by Gasteiger charge is 2.43. The molecule has 1 fully saturated rings. The van der Waals surface area contributed by atoms with Crippen LogP contribution in [-0.2, 0) is 15.1 Å². The third kappa shape index (κ3) is 3.38. The zero-order valence-electron chi connectivity index (χ0n) is 15.2. The van der Waals surface area contributed by atoms with E-state index in [1.54, 1.807) is 14.0 Å². The van der Waals surface area contributed by atoms with Crippen LogP contribution in [0.15, 0.2) is 35.6 Å². The largest absolute Gasteiger partial charge is 0.498 e. The summed E-state index contributed by atoms with van der Waals surface area (Å²) in [6.07, 6.45) is 3.30. The van der Waals surface area contributed by atoms with Crippen molar-refractivity contribution in [2.75, 3.05) is 20.3 Å². The van der Waals surface area contributed by atoms with Crippen molar-refractivity contribution in [1.82, 2.24) is 4.90 Å². The fraction of sp³-hybridized carbons (Fsp3) is 0.550. The molecule has 1 saturated heterocycles. The normalized spacial score (nSPS) is 23.2. The van der Waals surface area contributed by atoms with Gasteiger partial charge in [-0.15, -0.1) is 0 Å². The molecule has 0 radical (unpaired) electrons. The highest BCUT2D eigenvalue weighted by atomic mass is 16.5. The lowest BCUT2D eigenvalue weighted by atomic mass is 9.86. The number of rotatable bonds is 4. The summed E-state index contributed by atoms with van der Waals surface area (Å²) in [5.41, 5.74) is 0.440. The number of likely N-dealkylation sites (tertiary alicyclic amines) is 1. The van der Waals surface area contributed by atoms with Gasteiger partial charge in [-0.05, 0) is 57.2 Å². The fourth-order valence-corrected chi connectivity index (χ4v) is 3.88. The Bertz CT molecular complexity index is 663. The number of hydrogen-bond donors (Lipinski definition) is 1. The van der Waals surface area contributed by atoms with E-state index < -0.39 is 5.60 Å². The molecule has 0 spiro atoms. The summed E-state index contributed by atoms with van der Waals surface area (Å²) in [5.74, 6) is 1.48. The van der Waals surface area contributed by atoms with Crippen LogP contribution in [-0.4, -0.2) is 42.2 Å². The molecule has 5 heteroatoms. The van der Waals surface area contributed by atoms with Gasteiger partial charge < -0.3 is 19.5 Å². The van der Waals surface area contributed by atoms with Gasteiger partial charge in [0, 0.05) is 6.54 Å². The van der Waals surface area contributed by atoms with Gasteiger partial charge >= 0.3 is 0 Å². The van der Waals surface area contributed by atoms with Crippen LogP contribution in [0, 0.1) is 0 Å². The second-order valence-electron chi connectivity index (χ2n) is 7.02. The topological polar surface area (TPSA) is 59.0 Å². The van der Waals surface area contributed by atoms with E-state index in [0.717, 1.165) is 48.3 Å². The minimum atomic E-state index is -1.11. The third-order valence-corrected chi connectivity index (χ3v) is 5.41. The highest BCUT2D eigenvalue weighted by Crippen LogP contribution is 2.37. The van der Waals surface area contributed by atoms with Crippen LogP contribution in [0.5, 0.6) is 5.75 Å². The van der Waals surface area contributed by atoms with E-state index in [-0.39, 0.29) is 11.9 Å². The molecule has 0 bridgehead atoms. The lowest BCUT2D eigenvalue weighted by molar-refractivity contribution is -0.134. The van der Waals surface area contributed by atoms with E-state index >= 15 is 0 Å². The summed E-state index contributed by atoms with van der Waals surface area (Å²) in [6, 6.07) is 7.18. The molecule has 2 aliphatic heterocycles. The number of nitrogens with zero attached hydrogens (tertiary/aromatic N) is 1. The molecule has 0 unspecified atom stereocenters. The van der Waals surface area contributed by atoms with Crippen LogP contribution in [0.4, 0.5) is 0 Å². The lowest BCUT2D eigenvalue weighted by Crippen LogP contribution is -2.48. The summed E-state index contributed by atoms with van der Waals surface area (Å²) in [4.78, 5) is 14.9. The first-order chi connectivity index (χ1) is 11.9. The van der Waals surface area contributed by atoms with Crippen LogP contribution in [0.25, 0.3) is 0 Å². The van der Waals surface area contributed by atoms with E-state index in [9.17, 15) is 9.90 Å². The van der Waals surface area contributed by atoms with E-state index in [2.05, 4.69) is 0 Å². The maximum absolute atomic E-state index is 13.1. The van der Waals surface area contributed by atoms with Crippen LogP contribution in [0.1, 0.15) is 45.1 Å². The first kappa shape index (κ1) is 17.8. The first-order valence-corrected chi connectivity index (χ1v) is 8.95. The maximum atomic E-state index is 13.1. The Balaban J connectivity index is 1.85. The van der Waals surface area contributed by atoms with Gasteiger partial charge in [0.25, 0.3) is 5.91 Å². The fourth-order valence-electron chi connectivity index (χ4n) is 3.88. The SMILES string of the molecule is COc1ccc([C@](C)(O)[C@H]2CCCN2C(=O)C2=C(C)OCCC2)cc1. The smallest absolute Gasteiger partial charge is 0.253 e. The van der Waals surface area contributed by atoms with Crippen molar-refractivity contribution in [2.45, 2.75) is 51.2 Å². The summed E-state index contributed by atoms with van der Waals surface area (Å²) in [7, 11) is 1.62. The van der Waals surface area contributed by atoms with Crippen molar-refractivity contribution in [3.8, 4) is 5.75 Å². The van der Waals surface area contributed by atoms with Gasteiger partial charge in [-0.3, -0.25) is 4.79 Å². The number of amides is 1. The van der Waals surface area contributed by atoms with Crippen LogP contribution in [0.3, 0.4) is 0 Å². The standard InChI is InChI=1S/C20H27NO4/c1-14-17(6-5-13-25-14)19(22)21-12-4-7-18(21)20(2,23)15-8-10-16(24-3)11-9-15/h8-11,18,23H,4-7,12-13H2,1-3H3/t18-,20+/m1/s1. The van der Waals surface area contributed by atoms with Gasteiger partial charge in [-0.25, -0.2) is 0 Å². The zero-order valence-corrected chi connectivity index (χ0v) is 15.2. The van der Waals surface area contributed by atoms with E-state index in [4.69, 9.17) is 9.47 Å². The predicted molar refractivity (Wildman–Crippen MR) is 95.2 cm³/mol. The number of allylic oxidation sites excluding steroid dienone is 1. The zero-order chi connectivity index (χ0) is 18.0. The first-order valence-electron chi connectivity index (χ1n) is 8.95. The minimum absolute atomic E-state index is 0.00786. The average molecular weight is 345 g/mol. The number of methoxy groups -OCH3 is 1. The second-order valence-corrected chi connectivity index (χ2v) is 7.02. The maximum Gasteiger partial charge on any atom is 0.253 e. The van der Waals surface area contributed by atoms with Crippen LogP contribution < -0.4 is 4.74 Å². The van der Waals surface area contributed by atoms with Gasteiger partial charge in [0.05, 0.1) is 25.3 Å². The molecule has 1 amide bonds. The van der Waals surface area contributed by atoms with Gasteiger partial charge in [0.15, 0.2) is 0 Å². The van der Waals surface area contributed by atoms with Gasteiger partial charge in [-0.1, -0.05) is 12.1 Å². The van der Waals surface area contributed by atoms with Crippen LogP contribution >= 0.6 is 0 Å². The molecular weight excluding hydrogens is 318 g/mol. The number of ether oxygens (including phenoxy) is 2. The number of hydrogen-bond acceptors (Lipinski definition) is 4. The second kappa shape index (κ2) is 7.08. The summed E-state index contributed by atoms with van der Waals surface area (Å²) in [5, 5.41) is 11.3. The van der Waals surface area contributed by atoms with Crippen molar-refractivity contribution in [1.29, 1.82) is 0 Å². The molecule has 2 aliphatic rings. The Morgan fingerprint density at radius 3 is 2.68 bits per heavy atom. The summed E-state index contributed by atoms with van der Waals surface area (Å²) < 4.78 is 10.7. The number of aliphatic hydroxyl groups is 1. The van der Waals surface area contributed by atoms with Crippen molar-refractivity contribution in [3.05, 3.63) is 41.2 Å². The molecular formula is C20H27NO4. The summed E-state index contributed by atoms with van der Waals surface area (Å²) in [6.45, 7) is 5.00. The van der Waals surface area contributed by atoms with Crippen molar-refractivity contribution >= 4 is 5.91 Å². The Kier molecular flexibility index (Phi) is 5.04. The van der Waals surface area contributed by atoms with E-state index in [1.807, 2.05) is 36.1 Å². The molecule has 2 atom stereocenters. The molecule has 3 rings (SSSR count). The molecule has 25 heavy (non-hydrogen) atoms. The molecule has 1 aromatic rings. The summed E-state index contributed by atoms with van der Waals surface area (Å²) >= 11 is 0. The average Bonchev–Trinajstić information content (AvgIpc) is 3.12. The molecule has 136 valence electrons. The number of benzene rings is 1. The molecule has 2 heterocycles. The highest BCUT2D eigenvalue weighted by molar-refractivity contribution is 5.94. The van der Waals surface area contributed by atoms with Crippen LogP contribution in [0.2, 0.25) is 0 Å². The van der Waals surface area contributed by atoms with Gasteiger partial charge in [0.1, 0.15) is 17.1 Å². The monoisotopic (exact) mass is 345 g/mol. The van der Waals surface area contributed by atoms with E-state index in [1.165, 1.54) is 0 Å². The molecule has 0 aliphatic carbocycles. The minimum Gasteiger partial charge on any atom is -0.498 e. The van der Waals surface area contributed by atoms with Crippen molar-refractivity contribution < 1.29 is 19.4 Å². The van der Waals surface area contributed by atoms with Crippen molar-refractivity contribution in [2.24, 2.45) is 0 Å². The van der Waals surface area contributed by atoms with Gasteiger partial charge in [-0.2, -0.15) is 0 Å². The Morgan fingerprint density at radius 2 is 2.04 bits per heavy atom.